The van der Waals surface area contributed by atoms with Crippen LogP contribution in [0.2, 0.25) is 0 Å². The molecule has 0 aliphatic heterocycles. The molecule has 0 bridgehead atoms. The second kappa shape index (κ2) is 8.36. The molecule has 0 aliphatic carbocycles. The fourth-order valence-corrected chi connectivity index (χ4v) is 2.92. The minimum atomic E-state index is -0.916. The van der Waals surface area contributed by atoms with Crippen LogP contribution in [0, 0.1) is 17.5 Å². The van der Waals surface area contributed by atoms with Crippen LogP contribution in [0.5, 0.6) is 5.88 Å². The van der Waals surface area contributed by atoms with Gasteiger partial charge in [0.1, 0.15) is 5.82 Å². The van der Waals surface area contributed by atoms with Crippen LogP contribution in [0.4, 0.5) is 19.1 Å². The van der Waals surface area contributed by atoms with Crippen molar-refractivity contribution in [2.45, 2.75) is 13.5 Å². The fraction of sp³-hybridized carbons (Fsp3) is 0.136. The van der Waals surface area contributed by atoms with Gasteiger partial charge in [-0.2, -0.15) is 4.98 Å². The Balaban J connectivity index is 1.66. The van der Waals surface area contributed by atoms with E-state index < -0.39 is 11.6 Å². The Morgan fingerprint density at radius 1 is 0.867 bits per heavy atom. The predicted octanol–water partition coefficient (Wildman–Crippen LogP) is 5.12. The van der Waals surface area contributed by atoms with Crippen molar-refractivity contribution in [3.63, 3.8) is 0 Å². The monoisotopic (exact) mass is 410 g/mol. The summed E-state index contributed by atoms with van der Waals surface area (Å²) in [7, 11) is 0. The van der Waals surface area contributed by atoms with Crippen molar-refractivity contribution in [2.24, 2.45) is 0 Å². The molecule has 2 aromatic carbocycles. The molecule has 152 valence electrons. The summed E-state index contributed by atoms with van der Waals surface area (Å²) in [4.78, 5) is 13.4. The average molecular weight is 410 g/mol. The number of hydrogen-bond acceptors (Lipinski definition) is 5. The van der Waals surface area contributed by atoms with Crippen LogP contribution in [-0.4, -0.2) is 21.6 Å². The number of pyridine rings is 1. The number of ether oxygens (including phenoxy) is 1. The molecule has 0 atom stereocenters. The third-order valence-corrected chi connectivity index (χ3v) is 4.37. The van der Waals surface area contributed by atoms with E-state index in [1.165, 1.54) is 18.2 Å². The van der Waals surface area contributed by atoms with E-state index in [1.807, 2.05) is 6.92 Å². The smallest absolute Gasteiger partial charge is 0.245 e. The molecule has 0 spiro atoms. The van der Waals surface area contributed by atoms with E-state index in [0.717, 1.165) is 17.7 Å². The first-order chi connectivity index (χ1) is 14.5. The fourth-order valence-electron chi connectivity index (χ4n) is 2.92. The zero-order valence-electron chi connectivity index (χ0n) is 16.0. The number of hydrogen-bond donors (Lipinski definition) is 1. The lowest BCUT2D eigenvalue weighted by molar-refractivity contribution is 0.330. The van der Waals surface area contributed by atoms with E-state index in [9.17, 15) is 13.2 Å². The van der Waals surface area contributed by atoms with Crippen molar-refractivity contribution in [2.75, 3.05) is 11.9 Å². The van der Waals surface area contributed by atoms with E-state index >= 15 is 0 Å². The summed E-state index contributed by atoms with van der Waals surface area (Å²) in [6.45, 7) is 2.40. The molecule has 0 aliphatic rings. The maximum Gasteiger partial charge on any atom is 0.245 e. The van der Waals surface area contributed by atoms with Crippen LogP contribution < -0.4 is 10.1 Å². The summed E-state index contributed by atoms with van der Waals surface area (Å²) in [5.74, 6) is -1.58. The SMILES string of the molecule is CCOc1nc(NCc2ccc(F)c(F)c2)nc2ccc(-c3ccc(F)cc3)nc12. The summed E-state index contributed by atoms with van der Waals surface area (Å²) < 4.78 is 45.3. The van der Waals surface area contributed by atoms with Crippen LogP contribution in [-0.2, 0) is 6.54 Å². The highest BCUT2D eigenvalue weighted by Crippen LogP contribution is 2.27. The molecule has 2 aromatic heterocycles. The van der Waals surface area contributed by atoms with Crippen molar-refractivity contribution < 1.29 is 17.9 Å². The summed E-state index contributed by atoms with van der Waals surface area (Å²) in [5, 5.41) is 2.99. The van der Waals surface area contributed by atoms with Crippen molar-refractivity contribution >= 4 is 17.0 Å². The molecule has 4 rings (SSSR count). The molecule has 30 heavy (non-hydrogen) atoms. The number of anilines is 1. The van der Waals surface area contributed by atoms with Crippen LogP contribution in [0.3, 0.4) is 0 Å². The Kier molecular flexibility index (Phi) is 5.47. The molecule has 0 fully saturated rings. The first kappa shape index (κ1) is 19.6. The summed E-state index contributed by atoms with van der Waals surface area (Å²) in [6, 6.07) is 13.2. The minimum absolute atomic E-state index is 0.204. The zero-order chi connectivity index (χ0) is 21.1. The van der Waals surface area contributed by atoms with Gasteiger partial charge in [0.25, 0.3) is 0 Å². The number of rotatable bonds is 6. The van der Waals surface area contributed by atoms with Gasteiger partial charge in [-0.25, -0.2) is 23.1 Å². The van der Waals surface area contributed by atoms with E-state index in [0.29, 0.717) is 34.8 Å². The number of aromatic nitrogens is 3. The lowest BCUT2D eigenvalue weighted by Gasteiger charge is -2.11. The second-order valence-corrected chi connectivity index (χ2v) is 6.46. The Hall–Kier alpha value is -3.68. The standard InChI is InChI=1S/C22H17F3N4O/c1-2-30-21-20-19(10-9-18(27-20)14-4-6-15(23)7-5-14)28-22(29-21)26-12-13-3-8-16(24)17(25)11-13/h3-11H,2,12H2,1H3,(H,26,28,29). The van der Waals surface area contributed by atoms with Crippen molar-refractivity contribution in [3.05, 3.63) is 77.6 Å². The largest absolute Gasteiger partial charge is 0.476 e. The maximum absolute atomic E-state index is 13.4. The van der Waals surface area contributed by atoms with E-state index in [2.05, 4.69) is 20.3 Å². The summed E-state index contributed by atoms with van der Waals surface area (Å²) in [6.07, 6.45) is 0. The molecule has 0 unspecified atom stereocenters. The molecule has 1 N–H and O–H groups in total. The zero-order valence-corrected chi connectivity index (χ0v) is 16.0. The highest BCUT2D eigenvalue weighted by molar-refractivity contribution is 5.83. The molecular weight excluding hydrogens is 393 g/mol. The van der Waals surface area contributed by atoms with Crippen molar-refractivity contribution in [1.29, 1.82) is 0 Å². The van der Waals surface area contributed by atoms with Crippen LogP contribution in [0.25, 0.3) is 22.3 Å². The molecule has 5 nitrogen and oxygen atoms in total. The highest BCUT2D eigenvalue weighted by Gasteiger charge is 2.13. The second-order valence-electron chi connectivity index (χ2n) is 6.46. The number of fused-ring (bicyclic) bond motifs is 1. The normalized spacial score (nSPS) is 10.9. The summed E-state index contributed by atoms with van der Waals surface area (Å²) in [5.41, 5.74) is 2.94. The van der Waals surface area contributed by atoms with Gasteiger partial charge in [0, 0.05) is 12.1 Å². The molecule has 0 radical (unpaired) electrons. The molecular formula is C22H17F3N4O. The van der Waals surface area contributed by atoms with Gasteiger partial charge in [0.2, 0.25) is 11.8 Å². The molecule has 2 heterocycles. The Morgan fingerprint density at radius 2 is 1.67 bits per heavy atom. The van der Waals surface area contributed by atoms with Gasteiger partial charge in [-0.15, -0.1) is 0 Å². The van der Waals surface area contributed by atoms with E-state index in [1.54, 1.807) is 24.3 Å². The highest BCUT2D eigenvalue weighted by atomic mass is 19.2. The van der Waals surface area contributed by atoms with Crippen molar-refractivity contribution in [1.82, 2.24) is 15.0 Å². The lowest BCUT2D eigenvalue weighted by atomic mass is 10.1. The summed E-state index contributed by atoms with van der Waals surface area (Å²) >= 11 is 0. The van der Waals surface area contributed by atoms with Gasteiger partial charge in [-0.3, -0.25) is 0 Å². The van der Waals surface area contributed by atoms with Crippen LogP contribution in [0.15, 0.2) is 54.6 Å². The van der Waals surface area contributed by atoms with Crippen molar-refractivity contribution in [3.8, 4) is 17.1 Å². The Bertz CT molecular complexity index is 1200. The Labute approximate surface area is 170 Å². The number of benzene rings is 2. The van der Waals surface area contributed by atoms with Gasteiger partial charge < -0.3 is 10.1 Å². The number of nitrogens with zero attached hydrogens (tertiary/aromatic N) is 3. The lowest BCUT2D eigenvalue weighted by Crippen LogP contribution is -2.07. The molecule has 4 aromatic rings. The first-order valence-electron chi connectivity index (χ1n) is 9.29. The van der Waals surface area contributed by atoms with Gasteiger partial charge in [-0.1, -0.05) is 6.07 Å². The van der Waals surface area contributed by atoms with Gasteiger partial charge in [0.05, 0.1) is 17.8 Å². The number of halogens is 3. The van der Waals surface area contributed by atoms with Crippen LogP contribution >= 0.6 is 0 Å². The average Bonchev–Trinajstić information content (AvgIpc) is 2.75. The molecule has 0 amide bonds. The van der Waals surface area contributed by atoms with Gasteiger partial charge >= 0.3 is 0 Å². The Morgan fingerprint density at radius 3 is 2.40 bits per heavy atom. The molecule has 8 heteroatoms. The topological polar surface area (TPSA) is 59.9 Å². The third-order valence-electron chi connectivity index (χ3n) is 4.37. The van der Waals surface area contributed by atoms with Gasteiger partial charge in [-0.05, 0) is 61.0 Å². The molecule has 0 saturated carbocycles. The van der Waals surface area contributed by atoms with E-state index in [4.69, 9.17) is 4.74 Å². The predicted molar refractivity (Wildman–Crippen MR) is 108 cm³/mol. The quantitative estimate of drug-likeness (QED) is 0.478. The minimum Gasteiger partial charge on any atom is -0.476 e. The third kappa shape index (κ3) is 4.17. The number of nitrogens with one attached hydrogen (secondary N) is 1. The van der Waals surface area contributed by atoms with E-state index in [-0.39, 0.29) is 18.3 Å². The first-order valence-corrected chi connectivity index (χ1v) is 9.29. The van der Waals surface area contributed by atoms with Crippen LogP contribution in [0.1, 0.15) is 12.5 Å². The van der Waals surface area contributed by atoms with Gasteiger partial charge in [0.15, 0.2) is 17.2 Å². The molecule has 0 saturated heterocycles. The maximum atomic E-state index is 13.4.